The molecule has 0 saturated carbocycles. The zero-order valence-electron chi connectivity index (χ0n) is 10.8. The van der Waals surface area contributed by atoms with E-state index in [4.69, 9.17) is 17.3 Å². The van der Waals surface area contributed by atoms with Crippen molar-refractivity contribution in [2.24, 2.45) is 10.2 Å². The van der Waals surface area contributed by atoms with Gasteiger partial charge in [0.25, 0.3) is 5.91 Å². The summed E-state index contributed by atoms with van der Waals surface area (Å²) in [4.78, 5) is 25.6. The maximum Gasteiger partial charge on any atom is 0.335 e. The normalized spacial score (nSPS) is 19.2. The number of carboxylic acid groups (broad SMARTS) is 1. The molecule has 1 atom stereocenters. The van der Waals surface area contributed by atoms with E-state index in [1.807, 2.05) is 0 Å². The topological polar surface area (TPSA) is 85.6 Å². The number of likely N-dealkylation sites (N-methyl/N-ethyl adjacent to an activating group) is 2. The maximum atomic E-state index is 11.9. The number of nitrogens with zero attached hydrogens (tertiary/aromatic N) is 4. The van der Waals surface area contributed by atoms with Crippen molar-refractivity contribution >= 4 is 34.9 Å². The summed E-state index contributed by atoms with van der Waals surface area (Å²) in [6.07, 6.45) is -0.805. The van der Waals surface area contributed by atoms with Gasteiger partial charge >= 0.3 is 5.97 Å². The number of carbonyl (C=O) groups excluding carboxylic acids is 1. The van der Waals surface area contributed by atoms with Crippen molar-refractivity contribution in [3.8, 4) is 0 Å². The van der Waals surface area contributed by atoms with Gasteiger partial charge in [-0.05, 0) is 30.4 Å². The molecule has 1 fully saturated rings. The van der Waals surface area contributed by atoms with Gasteiger partial charge in [0, 0.05) is 14.1 Å². The van der Waals surface area contributed by atoms with Crippen LogP contribution in [0, 0.1) is 0 Å². The second-order valence-corrected chi connectivity index (χ2v) is 4.60. The van der Waals surface area contributed by atoms with Crippen LogP contribution in [-0.2, 0) is 4.79 Å². The van der Waals surface area contributed by atoms with Gasteiger partial charge in [-0.1, -0.05) is 6.07 Å². The Balaban J connectivity index is 2.22. The Labute approximate surface area is 120 Å². The number of carboxylic acids is 1. The number of amides is 1. The van der Waals surface area contributed by atoms with E-state index in [-0.39, 0.29) is 11.5 Å². The predicted molar refractivity (Wildman–Crippen MR) is 74.8 cm³/mol. The van der Waals surface area contributed by atoms with Gasteiger partial charge < -0.3 is 10.0 Å². The molecule has 1 aromatic rings. The molecule has 0 radical (unpaired) electrons. The van der Waals surface area contributed by atoms with Crippen LogP contribution in [0.1, 0.15) is 10.4 Å². The van der Waals surface area contributed by atoms with E-state index in [0.717, 1.165) is 0 Å². The average Bonchev–Trinajstić information content (AvgIpc) is 2.62. The first kappa shape index (κ1) is 14.1. The first-order valence-electron chi connectivity index (χ1n) is 5.70. The fourth-order valence-electron chi connectivity index (χ4n) is 1.72. The fourth-order valence-corrected chi connectivity index (χ4v) is 1.91. The van der Waals surface area contributed by atoms with Gasteiger partial charge in [-0.25, -0.2) is 4.79 Å². The molecule has 0 aliphatic carbocycles. The van der Waals surface area contributed by atoms with E-state index in [1.54, 1.807) is 26.2 Å². The second kappa shape index (κ2) is 5.33. The molecule has 2 rings (SSSR count). The van der Waals surface area contributed by atoms with Crippen molar-refractivity contribution in [1.82, 2.24) is 9.80 Å². The van der Waals surface area contributed by atoms with Crippen LogP contribution in [0.15, 0.2) is 34.5 Å². The second-order valence-electron chi connectivity index (χ2n) is 4.24. The monoisotopic (exact) mass is 292 g/mol. The molecule has 1 heterocycles. The van der Waals surface area contributed by atoms with Gasteiger partial charge in [-0.15, -0.1) is 0 Å². The molecule has 0 aromatic heterocycles. The summed E-state index contributed by atoms with van der Waals surface area (Å²) in [6.45, 7) is 0. The smallest absolute Gasteiger partial charge is 0.335 e. The molecule has 104 valence electrons. The molecular weight excluding hydrogens is 280 g/mol. The molecule has 1 saturated heterocycles. The van der Waals surface area contributed by atoms with Crippen molar-refractivity contribution in [3.05, 3.63) is 29.8 Å². The fraction of sp³-hybridized carbons (Fsp3) is 0.250. The standard InChI is InChI=1S/C12H12N4O3S/c1-15-9(10(17)16(2)12(15)20)14-13-8-5-3-4-7(6-8)11(18)19/h3-6,9H,1-2H3,(H,18,19)/t9-/m1/s1. The molecule has 1 aromatic carbocycles. The minimum Gasteiger partial charge on any atom is -0.478 e. The predicted octanol–water partition coefficient (Wildman–Crippen LogP) is 1.48. The van der Waals surface area contributed by atoms with E-state index >= 15 is 0 Å². The van der Waals surface area contributed by atoms with Gasteiger partial charge in [0.1, 0.15) is 0 Å². The lowest BCUT2D eigenvalue weighted by atomic mass is 10.2. The van der Waals surface area contributed by atoms with Crippen molar-refractivity contribution in [3.63, 3.8) is 0 Å². The van der Waals surface area contributed by atoms with Gasteiger partial charge in [-0.3, -0.25) is 9.69 Å². The van der Waals surface area contributed by atoms with Crippen LogP contribution >= 0.6 is 12.2 Å². The maximum absolute atomic E-state index is 11.9. The molecule has 1 amide bonds. The van der Waals surface area contributed by atoms with E-state index in [0.29, 0.717) is 10.8 Å². The highest BCUT2D eigenvalue weighted by atomic mass is 32.1. The van der Waals surface area contributed by atoms with Crippen LogP contribution in [-0.4, -0.2) is 52.2 Å². The quantitative estimate of drug-likeness (QED) is 0.673. The number of hydrogen-bond acceptors (Lipinski definition) is 5. The third kappa shape index (κ3) is 2.50. The van der Waals surface area contributed by atoms with E-state index < -0.39 is 12.1 Å². The molecule has 0 spiro atoms. The summed E-state index contributed by atoms with van der Waals surface area (Å²) in [7, 11) is 3.23. The largest absolute Gasteiger partial charge is 0.478 e. The molecule has 1 N–H and O–H groups in total. The number of benzene rings is 1. The van der Waals surface area contributed by atoms with E-state index in [2.05, 4.69) is 10.2 Å². The Bertz CT molecular complexity index is 616. The minimum atomic E-state index is -1.04. The lowest BCUT2D eigenvalue weighted by Gasteiger charge is -2.12. The zero-order valence-corrected chi connectivity index (χ0v) is 11.7. The average molecular weight is 292 g/mol. The van der Waals surface area contributed by atoms with Crippen molar-refractivity contribution in [2.75, 3.05) is 14.1 Å². The molecule has 8 heteroatoms. The molecule has 20 heavy (non-hydrogen) atoms. The molecule has 0 unspecified atom stereocenters. The summed E-state index contributed by atoms with van der Waals surface area (Å²) in [6, 6.07) is 6.01. The summed E-state index contributed by atoms with van der Waals surface area (Å²) in [5.41, 5.74) is 0.478. The van der Waals surface area contributed by atoms with Crippen molar-refractivity contribution in [1.29, 1.82) is 0 Å². The first-order chi connectivity index (χ1) is 9.41. The molecular formula is C12H12N4O3S. The highest BCUT2D eigenvalue weighted by Crippen LogP contribution is 2.19. The third-order valence-electron chi connectivity index (χ3n) is 2.88. The molecule has 0 bridgehead atoms. The summed E-state index contributed by atoms with van der Waals surface area (Å²) < 4.78 is 0. The summed E-state index contributed by atoms with van der Waals surface area (Å²) in [5, 5.41) is 17.1. The Kier molecular flexibility index (Phi) is 3.75. The van der Waals surface area contributed by atoms with Crippen LogP contribution in [0.5, 0.6) is 0 Å². The molecule has 7 nitrogen and oxygen atoms in total. The highest BCUT2D eigenvalue weighted by molar-refractivity contribution is 7.80. The zero-order chi connectivity index (χ0) is 14.9. The van der Waals surface area contributed by atoms with Crippen LogP contribution in [0.4, 0.5) is 5.69 Å². The molecule has 1 aliphatic heterocycles. The van der Waals surface area contributed by atoms with Crippen molar-refractivity contribution in [2.45, 2.75) is 6.17 Å². The lowest BCUT2D eigenvalue weighted by molar-refractivity contribution is -0.127. The Morgan fingerprint density at radius 3 is 2.65 bits per heavy atom. The number of azo groups is 1. The van der Waals surface area contributed by atoms with Gasteiger partial charge in [0.2, 0.25) is 6.17 Å². The number of hydrogen-bond donors (Lipinski definition) is 1. The third-order valence-corrected chi connectivity index (χ3v) is 3.44. The number of rotatable bonds is 3. The Morgan fingerprint density at radius 2 is 2.10 bits per heavy atom. The van der Waals surface area contributed by atoms with Crippen LogP contribution < -0.4 is 0 Å². The van der Waals surface area contributed by atoms with Gasteiger partial charge in [0.15, 0.2) is 5.11 Å². The Morgan fingerprint density at radius 1 is 1.40 bits per heavy atom. The number of thiocarbonyl (C=S) groups is 1. The lowest BCUT2D eigenvalue weighted by Crippen LogP contribution is -2.28. The first-order valence-corrected chi connectivity index (χ1v) is 6.11. The summed E-state index contributed by atoms with van der Waals surface area (Å²) >= 11 is 5.06. The minimum absolute atomic E-state index is 0.111. The van der Waals surface area contributed by atoms with Crippen LogP contribution in [0.2, 0.25) is 0 Å². The van der Waals surface area contributed by atoms with E-state index in [1.165, 1.54) is 21.9 Å². The molecule has 1 aliphatic rings. The van der Waals surface area contributed by atoms with Gasteiger partial charge in [-0.2, -0.15) is 10.2 Å². The van der Waals surface area contributed by atoms with E-state index in [9.17, 15) is 9.59 Å². The van der Waals surface area contributed by atoms with Crippen molar-refractivity contribution < 1.29 is 14.7 Å². The number of aromatic carboxylic acids is 1. The SMILES string of the molecule is CN1C(=O)[C@H](N=Nc2cccc(C(=O)O)c2)N(C)C1=S. The van der Waals surface area contributed by atoms with Gasteiger partial charge in [0.05, 0.1) is 11.3 Å². The van der Waals surface area contributed by atoms with Crippen LogP contribution in [0.25, 0.3) is 0 Å². The number of carbonyl (C=O) groups is 2. The summed E-state index contributed by atoms with van der Waals surface area (Å²) in [5.74, 6) is -1.31. The van der Waals surface area contributed by atoms with Crippen LogP contribution in [0.3, 0.4) is 0 Å². The Hall–Kier alpha value is -2.35. The highest BCUT2D eigenvalue weighted by Gasteiger charge is 2.38.